The molecule has 128 valence electrons. The molecule has 1 aliphatic rings. The van der Waals surface area contributed by atoms with Crippen molar-refractivity contribution < 1.29 is 14.1 Å². The van der Waals surface area contributed by atoms with Crippen LogP contribution < -0.4 is 5.32 Å². The van der Waals surface area contributed by atoms with Crippen molar-refractivity contribution in [1.82, 2.24) is 10.1 Å². The fraction of sp³-hybridized carbons (Fsp3) is 0.706. The van der Waals surface area contributed by atoms with Crippen LogP contribution in [0.2, 0.25) is 0 Å². The summed E-state index contributed by atoms with van der Waals surface area (Å²) < 4.78 is 4.93. The second-order valence-electron chi connectivity index (χ2n) is 6.82. The van der Waals surface area contributed by atoms with E-state index in [4.69, 9.17) is 4.52 Å². The van der Waals surface area contributed by atoms with Gasteiger partial charge in [-0.2, -0.15) is 0 Å². The summed E-state index contributed by atoms with van der Waals surface area (Å²) in [5.74, 6) is 1.31. The van der Waals surface area contributed by atoms with E-state index in [9.17, 15) is 9.59 Å². The molecule has 0 saturated heterocycles. The Bertz CT molecular complexity index is 533. The molecule has 1 saturated carbocycles. The molecule has 2 rings (SSSR count). The van der Waals surface area contributed by atoms with E-state index in [0.29, 0.717) is 24.0 Å². The van der Waals surface area contributed by atoms with Gasteiger partial charge in [0.15, 0.2) is 5.82 Å². The molecule has 0 bridgehead atoms. The maximum absolute atomic E-state index is 12.7. The van der Waals surface area contributed by atoms with Crippen LogP contribution in [0.1, 0.15) is 51.7 Å². The van der Waals surface area contributed by atoms with E-state index in [1.165, 1.54) is 6.42 Å². The van der Waals surface area contributed by atoms with Gasteiger partial charge in [-0.05, 0) is 25.7 Å². The lowest BCUT2D eigenvalue weighted by Crippen LogP contribution is -2.43. The first-order valence-corrected chi connectivity index (χ1v) is 8.47. The van der Waals surface area contributed by atoms with Crippen LogP contribution in [0.4, 0.5) is 5.82 Å². The Balaban J connectivity index is 1.96. The van der Waals surface area contributed by atoms with Crippen LogP contribution in [-0.4, -0.2) is 35.0 Å². The molecule has 1 aromatic heterocycles. The predicted molar refractivity (Wildman–Crippen MR) is 87.9 cm³/mol. The number of carbonyl (C=O) groups is 2. The number of hydrogen-bond donors (Lipinski definition) is 1. The number of hydrogen-bond acceptors (Lipinski definition) is 4. The Hall–Kier alpha value is -1.85. The first-order valence-electron chi connectivity index (χ1n) is 8.47. The molecule has 1 aliphatic carbocycles. The summed E-state index contributed by atoms with van der Waals surface area (Å²) in [6.45, 7) is 6.54. The highest BCUT2D eigenvalue weighted by Gasteiger charge is 2.27. The Morgan fingerprint density at radius 1 is 1.35 bits per heavy atom. The van der Waals surface area contributed by atoms with Gasteiger partial charge >= 0.3 is 0 Å². The Morgan fingerprint density at radius 3 is 2.61 bits per heavy atom. The third kappa shape index (κ3) is 5.37. The molecular weight excluding hydrogens is 294 g/mol. The van der Waals surface area contributed by atoms with E-state index in [1.54, 1.807) is 17.9 Å². The van der Waals surface area contributed by atoms with Crippen molar-refractivity contribution >= 4 is 17.6 Å². The molecule has 0 spiro atoms. The molecule has 0 radical (unpaired) electrons. The fourth-order valence-electron chi connectivity index (χ4n) is 3.06. The molecule has 6 nitrogen and oxygen atoms in total. The van der Waals surface area contributed by atoms with Crippen molar-refractivity contribution in [3.05, 3.63) is 11.8 Å². The van der Waals surface area contributed by atoms with Gasteiger partial charge in [0, 0.05) is 18.5 Å². The van der Waals surface area contributed by atoms with Gasteiger partial charge in [-0.25, -0.2) is 0 Å². The summed E-state index contributed by atoms with van der Waals surface area (Å²) in [6, 6.07) is 1.66. The molecular formula is C17H27N3O3. The first-order chi connectivity index (χ1) is 11.0. The number of rotatable bonds is 6. The lowest BCUT2D eigenvalue weighted by atomic mass is 9.88. The van der Waals surface area contributed by atoms with Crippen LogP contribution in [0, 0.1) is 18.8 Å². The summed E-state index contributed by atoms with van der Waals surface area (Å²) in [5.41, 5.74) is 0. The lowest BCUT2D eigenvalue weighted by molar-refractivity contribution is -0.139. The molecule has 1 N–H and O–H groups in total. The number of carbonyl (C=O) groups excluding carboxylic acids is 2. The zero-order valence-corrected chi connectivity index (χ0v) is 14.3. The highest BCUT2D eigenvalue weighted by Crippen LogP contribution is 2.25. The lowest BCUT2D eigenvalue weighted by Gasteiger charge is -2.30. The predicted octanol–water partition coefficient (Wildman–Crippen LogP) is 2.99. The molecule has 6 heteroatoms. The third-order valence-electron chi connectivity index (χ3n) is 4.08. The van der Waals surface area contributed by atoms with Crippen molar-refractivity contribution in [3.8, 4) is 0 Å². The minimum atomic E-state index is -0.233. The van der Waals surface area contributed by atoms with Gasteiger partial charge in [0.25, 0.3) is 0 Å². The topological polar surface area (TPSA) is 75.4 Å². The molecule has 1 heterocycles. The summed E-state index contributed by atoms with van der Waals surface area (Å²) in [4.78, 5) is 26.6. The number of aromatic nitrogens is 1. The van der Waals surface area contributed by atoms with Crippen molar-refractivity contribution in [1.29, 1.82) is 0 Å². The SMILES string of the molecule is Cc1cc(NC(=O)CN(CC(C)C)C(=O)C2CCCCC2)no1. The maximum Gasteiger partial charge on any atom is 0.245 e. The molecule has 0 unspecified atom stereocenters. The van der Waals surface area contributed by atoms with Gasteiger partial charge in [-0.3, -0.25) is 9.59 Å². The van der Waals surface area contributed by atoms with E-state index in [1.807, 2.05) is 0 Å². The highest BCUT2D eigenvalue weighted by molar-refractivity contribution is 5.94. The fourth-order valence-corrected chi connectivity index (χ4v) is 3.06. The van der Waals surface area contributed by atoms with Crippen LogP contribution in [0.3, 0.4) is 0 Å². The monoisotopic (exact) mass is 321 g/mol. The molecule has 23 heavy (non-hydrogen) atoms. The zero-order valence-electron chi connectivity index (χ0n) is 14.3. The van der Waals surface area contributed by atoms with Crippen LogP contribution in [-0.2, 0) is 9.59 Å². The van der Waals surface area contributed by atoms with Crippen molar-refractivity contribution in [2.75, 3.05) is 18.4 Å². The molecule has 1 fully saturated rings. The number of nitrogens with zero attached hydrogens (tertiary/aromatic N) is 2. The molecule has 0 aromatic carbocycles. The number of anilines is 1. The molecule has 0 atom stereocenters. The smallest absolute Gasteiger partial charge is 0.245 e. The van der Waals surface area contributed by atoms with E-state index >= 15 is 0 Å². The van der Waals surface area contributed by atoms with Gasteiger partial charge in [-0.1, -0.05) is 38.3 Å². The van der Waals surface area contributed by atoms with Crippen LogP contribution in [0.25, 0.3) is 0 Å². The van der Waals surface area contributed by atoms with E-state index in [-0.39, 0.29) is 24.3 Å². The molecule has 1 aromatic rings. The van der Waals surface area contributed by atoms with E-state index in [0.717, 1.165) is 25.7 Å². The highest BCUT2D eigenvalue weighted by atomic mass is 16.5. The average Bonchev–Trinajstić information content (AvgIpc) is 2.91. The van der Waals surface area contributed by atoms with Crippen LogP contribution in [0.15, 0.2) is 10.6 Å². The first kappa shape index (κ1) is 17.5. The second kappa shape index (κ2) is 8.13. The van der Waals surface area contributed by atoms with Gasteiger partial charge in [0.1, 0.15) is 5.76 Å². The van der Waals surface area contributed by atoms with Crippen LogP contribution >= 0.6 is 0 Å². The largest absolute Gasteiger partial charge is 0.360 e. The number of aryl methyl sites for hydroxylation is 1. The van der Waals surface area contributed by atoms with E-state index < -0.39 is 0 Å². The molecule has 2 amide bonds. The second-order valence-corrected chi connectivity index (χ2v) is 6.82. The minimum absolute atomic E-state index is 0.0689. The number of amides is 2. The summed E-state index contributed by atoms with van der Waals surface area (Å²) in [7, 11) is 0. The summed E-state index contributed by atoms with van der Waals surface area (Å²) in [5, 5.41) is 6.43. The van der Waals surface area contributed by atoms with Gasteiger partial charge in [-0.15, -0.1) is 0 Å². The average molecular weight is 321 g/mol. The third-order valence-corrected chi connectivity index (χ3v) is 4.08. The molecule has 0 aliphatic heterocycles. The Morgan fingerprint density at radius 2 is 2.04 bits per heavy atom. The Labute approximate surface area is 137 Å². The normalized spacial score (nSPS) is 15.7. The van der Waals surface area contributed by atoms with Crippen molar-refractivity contribution in [2.45, 2.75) is 52.9 Å². The van der Waals surface area contributed by atoms with Crippen LogP contribution in [0.5, 0.6) is 0 Å². The van der Waals surface area contributed by atoms with E-state index in [2.05, 4.69) is 24.3 Å². The van der Waals surface area contributed by atoms with Gasteiger partial charge in [0.2, 0.25) is 11.8 Å². The standard InChI is InChI=1S/C17H27N3O3/c1-12(2)10-20(17(22)14-7-5-4-6-8-14)11-16(21)18-15-9-13(3)23-19-15/h9,12,14H,4-8,10-11H2,1-3H3,(H,18,19,21). The maximum atomic E-state index is 12.7. The quantitative estimate of drug-likeness (QED) is 0.874. The number of nitrogens with one attached hydrogen (secondary N) is 1. The van der Waals surface area contributed by atoms with Crippen molar-refractivity contribution in [2.24, 2.45) is 11.8 Å². The van der Waals surface area contributed by atoms with Crippen molar-refractivity contribution in [3.63, 3.8) is 0 Å². The van der Waals surface area contributed by atoms with Gasteiger partial charge < -0.3 is 14.7 Å². The summed E-state index contributed by atoms with van der Waals surface area (Å²) >= 11 is 0. The Kier molecular flexibility index (Phi) is 6.19. The minimum Gasteiger partial charge on any atom is -0.360 e. The van der Waals surface area contributed by atoms with Gasteiger partial charge in [0.05, 0.1) is 6.54 Å². The zero-order chi connectivity index (χ0) is 16.8. The summed E-state index contributed by atoms with van der Waals surface area (Å²) in [6.07, 6.45) is 5.31.